The number of hydrogen-bond acceptors (Lipinski definition) is 2. The zero-order chi connectivity index (χ0) is 4.99. The molecule has 0 fully saturated rings. The van der Waals surface area contributed by atoms with E-state index in [0.717, 1.165) is 0 Å². The Labute approximate surface area is 41.2 Å². The summed E-state index contributed by atoms with van der Waals surface area (Å²) < 4.78 is 4.76. The average molecular weight is 124 g/mol. The maximum absolute atomic E-state index is 8.08. The molecule has 0 heterocycles. The van der Waals surface area contributed by atoms with Crippen molar-refractivity contribution in [1.82, 2.24) is 0 Å². The molecule has 0 aromatic carbocycles. The molecule has 0 rings (SSSR count). The van der Waals surface area contributed by atoms with Gasteiger partial charge in [-0.15, -0.1) is 0 Å². The Kier molecular flexibility index (Phi) is 4.10. The first-order chi connectivity index (χ1) is 2.77. The summed E-state index contributed by atoms with van der Waals surface area (Å²) in [4.78, 5) is 8.08. The first-order valence-electron chi connectivity index (χ1n) is 1.82. The van der Waals surface area contributed by atoms with Crippen molar-refractivity contribution in [2.24, 2.45) is 0 Å². The second-order valence-electron chi connectivity index (χ2n) is 1.26. The van der Waals surface area contributed by atoms with Crippen LogP contribution in [0.15, 0.2) is 0 Å². The van der Waals surface area contributed by atoms with E-state index in [1.807, 2.05) is 13.1 Å². The molecule has 0 spiro atoms. The monoisotopic (exact) mass is 124 g/mol. The van der Waals surface area contributed by atoms with Gasteiger partial charge in [-0.25, -0.2) is 0 Å². The molecule has 0 aromatic heterocycles. The van der Waals surface area contributed by atoms with Gasteiger partial charge in [-0.3, -0.25) is 0 Å². The summed E-state index contributed by atoms with van der Waals surface area (Å²) in [5.74, 6) is 0. The lowest BCUT2D eigenvalue weighted by Gasteiger charge is -1.96. The lowest BCUT2D eigenvalue weighted by Crippen LogP contribution is -1.98. The maximum atomic E-state index is 8.08. The Bertz CT molecular complexity index is 32.7. The van der Waals surface area contributed by atoms with Crippen LogP contribution in [0.1, 0.15) is 0 Å². The largest absolute Gasteiger partial charge is 0.382 e. The molecule has 0 radical (unpaired) electrons. The van der Waals surface area contributed by atoms with E-state index in [1.54, 1.807) is 0 Å². The molecule has 1 unspecified atom stereocenters. The van der Waals surface area contributed by atoms with E-state index < -0.39 is 9.04 Å². The molecule has 2 nitrogen and oxygen atoms in total. The molecule has 4 heteroatoms. The van der Waals surface area contributed by atoms with Crippen molar-refractivity contribution in [2.75, 3.05) is 0 Å². The van der Waals surface area contributed by atoms with Gasteiger partial charge in [-0.1, -0.05) is 0 Å². The fourth-order valence-corrected chi connectivity index (χ4v) is 0.949. The van der Waals surface area contributed by atoms with Crippen molar-refractivity contribution in [3.8, 4) is 0 Å². The molecule has 0 saturated heterocycles. The van der Waals surface area contributed by atoms with Crippen molar-refractivity contribution in [3.05, 3.63) is 0 Å². The first kappa shape index (κ1) is 6.57. The predicted molar refractivity (Wildman–Crippen MR) is 30.5 cm³/mol. The molecule has 0 aliphatic rings. The zero-order valence-electron chi connectivity index (χ0n) is 3.93. The summed E-state index contributed by atoms with van der Waals surface area (Å²) in [5, 5.41) is 0. The van der Waals surface area contributed by atoms with Crippen LogP contribution in [-0.2, 0) is 4.21 Å². The Hall–Kier alpha value is 0.567. The van der Waals surface area contributed by atoms with Crippen LogP contribution in [0.25, 0.3) is 0 Å². The topological polar surface area (TPSA) is 29.5 Å². The Morgan fingerprint density at radius 3 is 2.17 bits per heavy atom. The second-order valence-corrected chi connectivity index (χ2v) is 4.48. The summed E-state index contributed by atoms with van der Waals surface area (Å²) >= 11 is 0. The quantitative estimate of drug-likeness (QED) is 0.428. The summed E-state index contributed by atoms with van der Waals surface area (Å²) in [6.07, 6.45) is 0. The molecular weight excluding hydrogens is 115 g/mol. The van der Waals surface area contributed by atoms with Crippen LogP contribution in [0, 0.1) is 0 Å². The third-order valence-electron chi connectivity index (χ3n) is 0.288. The zero-order valence-corrected chi connectivity index (χ0v) is 6.09. The Balaban J connectivity index is 2.63. The van der Waals surface area contributed by atoms with E-state index in [4.69, 9.17) is 9.11 Å². The van der Waals surface area contributed by atoms with E-state index >= 15 is 0 Å². The highest BCUT2D eigenvalue weighted by atomic mass is 31.1. The third-order valence-corrected chi connectivity index (χ3v) is 2.60. The van der Waals surface area contributed by atoms with E-state index in [1.165, 1.54) is 0 Å². The van der Waals surface area contributed by atoms with Gasteiger partial charge in [0.2, 0.25) is 0 Å². The molecule has 38 valence electrons. The highest BCUT2D eigenvalue weighted by Crippen LogP contribution is 2.04. The van der Waals surface area contributed by atoms with E-state index in [9.17, 15) is 0 Å². The molecule has 0 amide bonds. The minimum absolute atomic E-state index is 0.300. The van der Waals surface area contributed by atoms with Crippen LogP contribution in [0.5, 0.6) is 0 Å². The van der Waals surface area contributed by atoms with Crippen LogP contribution < -0.4 is 0 Å². The molecule has 0 aliphatic carbocycles. The van der Waals surface area contributed by atoms with Crippen molar-refractivity contribution in [3.63, 3.8) is 0 Å². The number of hydrogen-bond donors (Lipinski definition) is 1. The third kappa shape index (κ3) is 4.57. The van der Waals surface area contributed by atoms with Crippen LogP contribution in [0.4, 0.5) is 0 Å². The minimum Gasteiger partial charge on any atom is -0.382 e. The lowest BCUT2D eigenvalue weighted by molar-refractivity contribution is 0.526. The fraction of sp³-hybridized carbons (Fsp3) is 1.00. The maximum Gasteiger partial charge on any atom is 0.179 e. The van der Waals surface area contributed by atoms with Crippen molar-refractivity contribution in [2.45, 2.75) is 13.1 Å². The molecule has 0 aromatic rings. The van der Waals surface area contributed by atoms with E-state index in [2.05, 4.69) is 0 Å². The highest BCUT2D eigenvalue weighted by molar-refractivity contribution is 7.27. The summed E-state index contributed by atoms with van der Waals surface area (Å²) in [6, 6.07) is 0. The van der Waals surface area contributed by atoms with Crippen LogP contribution in [0.3, 0.4) is 0 Å². The van der Waals surface area contributed by atoms with Gasteiger partial charge in [0.25, 0.3) is 0 Å². The Morgan fingerprint density at radius 2 is 2.17 bits per heavy atom. The van der Waals surface area contributed by atoms with Gasteiger partial charge in [0.1, 0.15) is 9.03 Å². The highest BCUT2D eigenvalue weighted by Gasteiger charge is 1.89. The van der Waals surface area contributed by atoms with Crippen LogP contribution in [0.2, 0.25) is 13.1 Å². The molecule has 0 aliphatic heterocycles. The van der Waals surface area contributed by atoms with Gasteiger partial charge in [-0.05, 0) is 13.1 Å². The summed E-state index contributed by atoms with van der Waals surface area (Å²) in [6.45, 7) is 4.03. The number of rotatable bonds is 2. The van der Waals surface area contributed by atoms with Gasteiger partial charge >= 0.3 is 0 Å². The summed E-state index contributed by atoms with van der Waals surface area (Å²) in [7, 11) is -1.21. The van der Waals surface area contributed by atoms with Gasteiger partial charge in [0, 0.05) is 0 Å². The lowest BCUT2D eigenvalue weighted by atomic mass is 11.9. The summed E-state index contributed by atoms with van der Waals surface area (Å²) in [5.41, 5.74) is 0. The molecule has 0 bridgehead atoms. The smallest absolute Gasteiger partial charge is 0.179 e. The average Bonchev–Trinajstić information content (AvgIpc) is 1.35. The molecule has 0 saturated carbocycles. The van der Waals surface area contributed by atoms with Crippen LogP contribution in [-0.4, -0.2) is 13.9 Å². The standard InChI is InChI=1S/C2H9O2PSi/c1-6(2)4-5-3/h3,5-6H,1-2H3. The van der Waals surface area contributed by atoms with Crippen LogP contribution >= 0.6 is 9.03 Å². The van der Waals surface area contributed by atoms with E-state index in [-0.39, 0.29) is 9.03 Å². The minimum atomic E-state index is -0.908. The molecular formula is C2H9O2PSi. The van der Waals surface area contributed by atoms with Crippen molar-refractivity contribution < 1.29 is 9.11 Å². The van der Waals surface area contributed by atoms with Gasteiger partial charge in [0.15, 0.2) is 9.04 Å². The van der Waals surface area contributed by atoms with Crippen molar-refractivity contribution >= 4 is 18.1 Å². The van der Waals surface area contributed by atoms with Gasteiger partial charge in [-0.2, -0.15) is 0 Å². The van der Waals surface area contributed by atoms with Gasteiger partial charge in [0.05, 0.1) is 0 Å². The van der Waals surface area contributed by atoms with E-state index in [0.29, 0.717) is 0 Å². The Morgan fingerprint density at radius 1 is 1.67 bits per heavy atom. The first-order valence-corrected chi connectivity index (χ1v) is 5.45. The van der Waals surface area contributed by atoms with Gasteiger partial charge < -0.3 is 9.11 Å². The normalized spacial score (nSPS) is 12.0. The predicted octanol–water partition coefficient (Wildman–Crippen LogP) is 0.487. The molecule has 1 N–H and O–H groups in total. The molecule has 6 heavy (non-hydrogen) atoms. The fourth-order valence-electron chi connectivity index (χ4n) is 0.105. The molecule has 1 atom stereocenters. The van der Waals surface area contributed by atoms with Crippen molar-refractivity contribution in [1.29, 1.82) is 0 Å². The second kappa shape index (κ2) is 3.75. The SMILES string of the molecule is C[SiH](C)OPO.